The van der Waals surface area contributed by atoms with Gasteiger partial charge >= 0.3 is 0 Å². The van der Waals surface area contributed by atoms with E-state index in [0.717, 1.165) is 10.0 Å². The minimum Gasteiger partial charge on any atom is -0.454 e. The van der Waals surface area contributed by atoms with Crippen molar-refractivity contribution in [2.45, 2.75) is 19.4 Å². The van der Waals surface area contributed by atoms with Gasteiger partial charge in [-0.3, -0.25) is 9.59 Å². The van der Waals surface area contributed by atoms with Gasteiger partial charge in [0.15, 0.2) is 11.5 Å². The lowest BCUT2D eigenvalue weighted by molar-refractivity contribution is -0.126. The first-order chi connectivity index (χ1) is 13.6. The van der Waals surface area contributed by atoms with Crippen LogP contribution in [0.1, 0.15) is 28.8 Å². The molecule has 0 radical (unpaired) electrons. The summed E-state index contributed by atoms with van der Waals surface area (Å²) >= 11 is 3.40. The summed E-state index contributed by atoms with van der Waals surface area (Å²) < 4.78 is 11.6. The molecule has 1 saturated heterocycles. The first kappa shape index (κ1) is 18.8. The number of ether oxygens (including phenoxy) is 2. The van der Waals surface area contributed by atoms with Crippen molar-refractivity contribution in [2.24, 2.45) is 5.92 Å². The highest BCUT2D eigenvalue weighted by Crippen LogP contribution is 2.33. The fourth-order valence-corrected chi connectivity index (χ4v) is 3.76. The van der Waals surface area contributed by atoms with Crippen LogP contribution in [0.5, 0.6) is 11.5 Å². The molecule has 2 amide bonds. The highest BCUT2D eigenvalue weighted by molar-refractivity contribution is 9.10. The standard InChI is InChI=1S/C21H21BrN2O4/c22-17-4-1-14(2-5-17)12-23-20(25)15-7-9-24(10-8-15)21(26)16-3-6-18-19(11-16)28-13-27-18/h1-6,11,15H,7-10,12-13H2,(H,23,25). The molecule has 0 unspecified atom stereocenters. The zero-order chi connectivity index (χ0) is 19.5. The van der Waals surface area contributed by atoms with Crippen molar-refractivity contribution in [2.75, 3.05) is 19.9 Å². The van der Waals surface area contributed by atoms with E-state index < -0.39 is 0 Å². The summed E-state index contributed by atoms with van der Waals surface area (Å²) in [6.45, 7) is 1.85. The van der Waals surface area contributed by atoms with Gasteiger partial charge in [-0.25, -0.2) is 0 Å². The van der Waals surface area contributed by atoms with Crippen molar-refractivity contribution < 1.29 is 19.1 Å². The second-order valence-electron chi connectivity index (χ2n) is 6.98. The highest BCUT2D eigenvalue weighted by Gasteiger charge is 2.28. The summed E-state index contributed by atoms with van der Waals surface area (Å²) in [5, 5.41) is 3.00. The Hall–Kier alpha value is -2.54. The number of rotatable bonds is 4. The Morgan fingerprint density at radius 2 is 1.75 bits per heavy atom. The van der Waals surface area contributed by atoms with E-state index in [-0.39, 0.29) is 24.5 Å². The van der Waals surface area contributed by atoms with Crippen LogP contribution in [-0.4, -0.2) is 36.6 Å². The third-order valence-corrected chi connectivity index (χ3v) is 5.68. The van der Waals surface area contributed by atoms with Crippen LogP contribution in [0, 0.1) is 5.92 Å². The number of amides is 2. The van der Waals surface area contributed by atoms with E-state index >= 15 is 0 Å². The van der Waals surface area contributed by atoms with E-state index in [1.54, 1.807) is 23.1 Å². The van der Waals surface area contributed by atoms with Crippen LogP contribution >= 0.6 is 15.9 Å². The second-order valence-corrected chi connectivity index (χ2v) is 7.89. The number of hydrogen-bond donors (Lipinski definition) is 1. The van der Waals surface area contributed by atoms with Crippen molar-refractivity contribution in [3.8, 4) is 11.5 Å². The van der Waals surface area contributed by atoms with Crippen LogP contribution in [-0.2, 0) is 11.3 Å². The van der Waals surface area contributed by atoms with Crippen LogP contribution in [0.2, 0.25) is 0 Å². The molecule has 2 aromatic rings. The summed E-state index contributed by atoms with van der Waals surface area (Å²) in [7, 11) is 0. The van der Waals surface area contributed by atoms with E-state index in [1.165, 1.54) is 0 Å². The van der Waals surface area contributed by atoms with Gasteiger partial charge in [0.05, 0.1) is 0 Å². The van der Waals surface area contributed by atoms with Crippen molar-refractivity contribution in [1.29, 1.82) is 0 Å². The van der Waals surface area contributed by atoms with Gasteiger partial charge in [-0.05, 0) is 48.7 Å². The zero-order valence-electron chi connectivity index (χ0n) is 15.3. The summed E-state index contributed by atoms with van der Waals surface area (Å²) in [4.78, 5) is 27.0. The average Bonchev–Trinajstić information content (AvgIpc) is 3.20. The van der Waals surface area contributed by atoms with Crippen LogP contribution in [0.25, 0.3) is 0 Å². The van der Waals surface area contributed by atoms with E-state index in [4.69, 9.17) is 9.47 Å². The Balaban J connectivity index is 1.28. The number of halogens is 1. The van der Waals surface area contributed by atoms with Gasteiger partial charge in [0.1, 0.15) is 0 Å². The first-order valence-corrected chi connectivity index (χ1v) is 10.1. The molecule has 2 aromatic carbocycles. The third-order valence-electron chi connectivity index (χ3n) is 5.15. The van der Waals surface area contributed by atoms with E-state index in [2.05, 4.69) is 21.2 Å². The summed E-state index contributed by atoms with van der Waals surface area (Å²) in [6, 6.07) is 13.1. The van der Waals surface area contributed by atoms with Crippen molar-refractivity contribution in [1.82, 2.24) is 10.2 Å². The highest BCUT2D eigenvalue weighted by atomic mass is 79.9. The number of nitrogens with one attached hydrogen (secondary N) is 1. The lowest BCUT2D eigenvalue weighted by Gasteiger charge is -2.31. The van der Waals surface area contributed by atoms with Gasteiger partial charge < -0.3 is 19.7 Å². The molecule has 6 nitrogen and oxygen atoms in total. The quantitative estimate of drug-likeness (QED) is 0.784. The number of fused-ring (bicyclic) bond motifs is 1. The Morgan fingerprint density at radius 3 is 2.50 bits per heavy atom. The van der Waals surface area contributed by atoms with Crippen LogP contribution in [0.3, 0.4) is 0 Å². The zero-order valence-corrected chi connectivity index (χ0v) is 16.9. The maximum absolute atomic E-state index is 12.7. The van der Waals surface area contributed by atoms with Gasteiger partial charge in [0.25, 0.3) is 5.91 Å². The summed E-state index contributed by atoms with van der Waals surface area (Å²) in [5.41, 5.74) is 1.65. The van der Waals surface area contributed by atoms with Gasteiger partial charge in [-0.15, -0.1) is 0 Å². The summed E-state index contributed by atoms with van der Waals surface area (Å²) in [5.74, 6) is 1.23. The molecular formula is C21H21BrN2O4. The fourth-order valence-electron chi connectivity index (χ4n) is 3.49. The topological polar surface area (TPSA) is 67.9 Å². The van der Waals surface area contributed by atoms with E-state index in [0.29, 0.717) is 49.5 Å². The fraction of sp³-hybridized carbons (Fsp3) is 0.333. The molecule has 28 heavy (non-hydrogen) atoms. The minimum absolute atomic E-state index is 0.0352. The largest absolute Gasteiger partial charge is 0.454 e. The average molecular weight is 445 g/mol. The molecule has 2 heterocycles. The Bertz CT molecular complexity index is 876. The smallest absolute Gasteiger partial charge is 0.253 e. The van der Waals surface area contributed by atoms with Crippen molar-refractivity contribution in [3.05, 3.63) is 58.1 Å². The maximum atomic E-state index is 12.7. The van der Waals surface area contributed by atoms with Gasteiger partial charge in [0.2, 0.25) is 12.7 Å². The van der Waals surface area contributed by atoms with Gasteiger partial charge in [-0.1, -0.05) is 28.1 Å². The molecule has 146 valence electrons. The van der Waals surface area contributed by atoms with Crippen molar-refractivity contribution >= 4 is 27.7 Å². The number of piperidine rings is 1. The number of carbonyl (C=O) groups is 2. The number of nitrogens with zero attached hydrogens (tertiary/aromatic N) is 1. The third kappa shape index (κ3) is 4.14. The SMILES string of the molecule is O=C(NCc1ccc(Br)cc1)C1CCN(C(=O)c2ccc3c(c2)OCO3)CC1. The molecule has 4 rings (SSSR count). The number of benzene rings is 2. The van der Waals surface area contributed by atoms with E-state index in [1.807, 2.05) is 24.3 Å². The first-order valence-electron chi connectivity index (χ1n) is 9.31. The van der Waals surface area contributed by atoms with Gasteiger partial charge in [0, 0.05) is 35.6 Å². The molecule has 1 N–H and O–H groups in total. The van der Waals surface area contributed by atoms with Crippen LogP contribution < -0.4 is 14.8 Å². The predicted molar refractivity (Wildman–Crippen MR) is 107 cm³/mol. The molecular weight excluding hydrogens is 424 g/mol. The number of likely N-dealkylation sites (tertiary alicyclic amines) is 1. The second kappa shape index (κ2) is 8.22. The predicted octanol–water partition coefficient (Wildman–Crippen LogP) is 3.35. The molecule has 0 aliphatic carbocycles. The van der Waals surface area contributed by atoms with Crippen molar-refractivity contribution in [3.63, 3.8) is 0 Å². The Labute approximate surface area is 171 Å². The Kier molecular flexibility index (Phi) is 5.52. The molecule has 1 fully saturated rings. The lowest BCUT2D eigenvalue weighted by Crippen LogP contribution is -2.42. The van der Waals surface area contributed by atoms with Crippen LogP contribution in [0.4, 0.5) is 0 Å². The monoisotopic (exact) mass is 444 g/mol. The van der Waals surface area contributed by atoms with Crippen LogP contribution in [0.15, 0.2) is 46.9 Å². The number of carbonyl (C=O) groups excluding carboxylic acids is 2. The van der Waals surface area contributed by atoms with Gasteiger partial charge in [-0.2, -0.15) is 0 Å². The maximum Gasteiger partial charge on any atom is 0.253 e. The summed E-state index contributed by atoms with van der Waals surface area (Å²) in [6.07, 6.45) is 1.34. The van der Waals surface area contributed by atoms with E-state index in [9.17, 15) is 9.59 Å². The molecule has 7 heteroatoms. The normalized spacial score (nSPS) is 16.1. The minimum atomic E-state index is -0.0590. The molecule has 2 aliphatic rings. The molecule has 0 aromatic heterocycles. The molecule has 0 saturated carbocycles. The number of hydrogen-bond acceptors (Lipinski definition) is 4. The molecule has 0 atom stereocenters. The Morgan fingerprint density at radius 1 is 1.04 bits per heavy atom. The lowest BCUT2D eigenvalue weighted by atomic mass is 9.95. The molecule has 2 aliphatic heterocycles. The molecule has 0 spiro atoms. The molecule has 0 bridgehead atoms.